The monoisotopic (exact) mass is 243 g/mol. The van der Waals surface area contributed by atoms with Gasteiger partial charge in [0, 0.05) is 12.7 Å². The second-order valence-electron chi connectivity index (χ2n) is 4.44. The molecule has 0 saturated carbocycles. The van der Waals surface area contributed by atoms with Gasteiger partial charge < -0.3 is 15.5 Å². The molecule has 0 saturated heterocycles. The van der Waals surface area contributed by atoms with Gasteiger partial charge in [-0.3, -0.25) is 0 Å². The summed E-state index contributed by atoms with van der Waals surface area (Å²) in [4.78, 5) is 0. The number of hydrogen-bond acceptors (Lipinski definition) is 2. The maximum atomic E-state index is 8.75. The third kappa shape index (κ3) is 2.37. The number of amidine groups is 1. The van der Waals surface area contributed by atoms with E-state index in [1.165, 1.54) is 16.7 Å². The SMILES string of the molecule is Cc1ccc(C)c(Cn2cccc2/C(N)=N/O)c1. The summed E-state index contributed by atoms with van der Waals surface area (Å²) in [6, 6.07) is 10.1. The van der Waals surface area contributed by atoms with Crippen molar-refractivity contribution in [3.63, 3.8) is 0 Å². The van der Waals surface area contributed by atoms with Crippen molar-refractivity contribution in [1.82, 2.24) is 4.57 Å². The van der Waals surface area contributed by atoms with Crippen LogP contribution in [0.4, 0.5) is 0 Å². The second-order valence-corrected chi connectivity index (χ2v) is 4.44. The molecule has 0 atom stereocenters. The lowest BCUT2D eigenvalue weighted by Gasteiger charge is -2.11. The summed E-state index contributed by atoms with van der Waals surface area (Å²) in [5, 5.41) is 11.8. The fourth-order valence-electron chi connectivity index (χ4n) is 1.99. The van der Waals surface area contributed by atoms with Crippen molar-refractivity contribution in [3.8, 4) is 0 Å². The Labute approximate surface area is 106 Å². The average molecular weight is 243 g/mol. The van der Waals surface area contributed by atoms with Crippen molar-refractivity contribution < 1.29 is 5.21 Å². The minimum Gasteiger partial charge on any atom is -0.409 e. The van der Waals surface area contributed by atoms with Crippen LogP contribution in [0.3, 0.4) is 0 Å². The van der Waals surface area contributed by atoms with E-state index in [2.05, 4.69) is 37.2 Å². The third-order valence-corrected chi connectivity index (χ3v) is 3.05. The Morgan fingerprint density at radius 2 is 2.11 bits per heavy atom. The molecule has 4 heteroatoms. The maximum Gasteiger partial charge on any atom is 0.186 e. The van der Waals surface area contributed by atoms with Crippen LogP contribution in [0.25, 0.3) is 0 Å². The highest BCUT2D eigenvalue weighted by atomic mass is 16.4. The minimum absolute atomic E-state index is 0.130. The lowest BCUT2D eigenvalue weighted by Crippen LogP contribution is -2.18. The van der Waals surface area contributed by atoms with Gasteiger partial charge in [0.25, 0.3) is 0 Å². The smallest absolute Gasteiger partial charge is 0.186 e. The van der Waals surface area contributed by atoms with Crippen molar-refractivity contribution in [3.05, 3.63) is 58.9 Å². The molecule has 94 valence electrons. The lowest BCUT2D eigenvalue weighted by molar-refractivity contribution is 0.318. The molecule has 0 amide bonds. The number of hydrogen-bond donors (Lipinski definition) is 2. The summed E-state index contributed by atoms with van der Waals surface area (Å²) in [5.74, 6) is 0.130. The zero-order valence-electron chi connectivity index (χ0n) is 10.6. The van der Waals surface area contributed by atoms with Gasteiger partial charge in [0.1, 0.15) is 0 Å². The topological polar surface area (TPSA) is 63.5 Å². The molecule has 0 bridgehead atoms. The number of nitrogens with zero attached hydrogens (tertiary/aromatic N) is 2. The predicted molar refractivity (Wildman–Crippen MR) is 72.0 cm³/mol. The van der Waals surface area contributed by atoms with E-state index in [1.807, 2.05) is 22.9 Å². The molecule has 0 unspecified atom stereocenters. The molecule has 1 aromatic heterocycles. The summed E-state index contributed by atoms with van der Waals surface area (Å²) in [6.45, 7) is 4.87. The third-order valence-electron chi connectivity index (χ3n) is 3.05. The molecular formula is C14H17N3O. The average Bonchev–Trinajstić information content (AvgIpc) is 2.81. The molecule has 1 aromatic carbocycles. The highest BCUT2D eigenvalue weighted by Crippen LogP contribution is 2.14. The molecule has 0 aliphatic rings. The number of aromatic nitrogens is 1. The number of aryl methyl sites for hydroxylation is 2. The summed E-state index contributed by atoms with van der Waals surface area (Å²) in [5.41, 5.74) is 10.1. The van der Waals surface area contributed by atoms with Crippen LogP contribution in [-0.2, 0) is 6.54 Å². The van der Waals surface area contributed by atoms with Gasteiger partial charge in [0.15, 0.2) is 5.84 Å². The van der Waals surface area contributed by atoms with E-state index in [0.717, 1.165) is 5.69 Å². The number of rotatable bonds is 3. The Morgan fingerprint density at radius 3 is 2.83 bits per heavy atom. The standard InChI is InChI=1S/C14H17N3O/c1-10-5-6-11(2)12(8-10)9-17-7-3-4-13(17)14(15)16-18/h3-8,18H,9H2,1-2H3,(H2,15,16). The van der Waals surface area contributed by atoms with Gasteiger partial charge in [-0.15, -0.1) is 0 Å². The zero-order chi connectivity index (χ0) is 13.1. The Balaban J connectivity index is 2.35. The van der Waals surface area contributed by atoms with Crippen molar-refractivity contribution in [2.24, 2.45) is 10.9 Å². The van der Waals surface area contributed by atoms with Crippen LogP contribution < -0.4 is 5.73 Å². The van der Waals surface area contributed by atoms with Crippen LogP contribution in [-0.4, -0.2) is 15.6 Å². The van der Waals surface area contributed by atoms with E-state index >= 15 is 0 Å². The second kappa shape index (κ2) is 4.96. The van der Waals surface area contributed by atoms with Gasteiger partial charge in [-0.1, -0.05) is 28.9 Å². The van der Waals surface area contributed by atoms with Gasteiger partial charge in [-0.2, -0.15) is 0 Å². The molecule has 0 radical (unpaired) electrons. The van der Waals surface area contributed by atoms with E-state index in [9.17, 15) is 0 Å². The molecule has 0 aliphatic heterocycles. The van der Waals surface area contributed by atoms with Crippen molar-refractivity contribution in [2.45, 2.75) is 20.4 Å². The van der Waals surface area contributed by atoms with Crippen molar-refractivity contribution in [2.75, 3.05) is 0 Å². The fourth-order valence-corrected chi connectivity index (χ4v) is 1.99. The van der Waals surface area contributed by atoms with Crippen LogP contribution in [0.15, 0.2) is 41.7 Å². The summed E-state index contributed by atoms with van der Waals surface area (Å²) in [7, 11) is 0. The number of oxime groups is 1. The molecule has 4 nitrogen and oxygen atoms in total. The molecule has 0 aliphatic carbocycles. The quantitative estimate of drug-likeness (QED) is 0.376. The van der Waals surface area contributed by atoms with Gasteiger partial charge in [0.2, 0.25) is 0 Å². The van der Waals surface area contributed by atoms with E-state index in [-0.39, 0.29) is 5.84 Å². The van der Waals surface area contributed by atoms with Gasteiger partial charge in [0.05, 0.1) is 5.69 Å². The Hall–Kier alpha value is -2.23. The van der Waals surface area contributed by atoms with Crippen LogP contribution in [0.1, 0.15) is 22.4 Å². The fraction of sp³-hybridized carbons (Fsp3) is 0.214. The van der Waals surface area contributed by atoms with Crippen LogP contribution in [0, 0.1) is 13.8 Å². The van der Waals surface area contributed by atoms with Crippen molar-refractivity contribution >= 4 is 5.84 Å². The first-order valence-corrected chi connectivity index (χ1v) is 5.81. The minimum atomic E-state index is 0.130. The predicted octanol–water partition coefficient (Wildman–Crippen LogP) is 2.25. The first-order chi connectivity index (χ1) is 8.61. The zero-order valence-corrected chi connectivity index (χ0v) is 10.6. The normalized spacial score (nSPS) is 11.8. The van der Waals surface area contributed by atoms with Crippen molar-refractivity contribution in [1.29, 1.82) is 0 Å². The van der Waals surface area contributed by atoms with E-state index in [4.69, 9.17) is 10.9 Å². The molecule has 18 heavy (non-hydrogen) atoms. The summed E-state index contributed by atoms with van der Waals surface area (Å²) < 4.78 is 1.97. The maximum absolute atomic E-state index is 8.75. The van der Waals surface area contributed by atoms with Crippen LogP contribution >= 0.6 is 0 Å². The Kier molecular flexibility index (Phi) is 3.37. The summed E-state index contributed by atoms with van der Waals surface area (Å²) >= 11 is 0. The van der Waals surface area contributed by atoms with Gasteiger partial charge >= 0.3 is 0 Å². The highest BCUT2D eigenvalue weighted by Gasteiger charge is 2.07. The Bertz CT molecular complexity index is 584. The van der Waals surface area contributed by atoms with Crippen LogP contribution in [0.5, 0.6) is 0 Å². The van der Waals surface area contributed by atoms with Crippen LogP contribution in [0.2, 0.25) is 0 Å². The molecule has 0 spiro atoms. The Morgan fingerprint density at radius 1 is 1.33 bits per heavy atom. The molecule has 2 aromatic rings. The van der Waals surface area contributed by atoms with Gasteiger partial charge in [-0.05, 0) is 37.1 Å². The first kappa shape index (κ1) is 12.2. The lowest BCUT2D eigenvalue weighted by atomic mass is 10.1. The molecule has 1 heterocycles. The van der Waals surface area contributed by atoms with E-state index in [0.29, 0.717) is 6.54 Å². The van der Waals surface area contributed by atoms with Gasteiger partial charge in [-0.25, -0.2) is 0 Å². The highest BCUT2D eigenvalue weighted by molar-refractivity contribution is 5.95. The molecular weight excluding hydrogens is 226 g/mol. The van der Waals surface area contributed by atoms with E-state index < -0.39 is 0 Å². The first-order valence-electron chi connectivity index (χ1n) is 5.81. The molecule has 3 N–H and O–H groups in total. The number of nitrogens with two attached hydrogens (primary N) is 1. The molecule has 2 rings (SSSR count). The largest absolute Gasteiger partial charge is 0.409 e. The number of benzene rings is 1. The summed E-state index contributed by atoms with van der Waals surface area (Å²) in [6.07, 6.45) is 1.93. The molecule has 0 fully saturated rings. The van der Waals surface area contributed by atoms with E-state index in [1.54, 1.807) is 0 Å².